The van der Waals surface area contributed by atoms with Crippen LogP contribution in [0, 0.1) is 5.92 Å². The van der Waals surface area contributed by atoms with Crippen molar-refractivity contribution in [2.24, 2.45) is 11.7 Å². The number of rotatable bonds is 3. The normalized spacial score (nSPS) is 23.6. The van der Waals surface area contributed by atoms with E-state index in [-0.39, 0.29) is 24.0 Å². The van der Waals surface area contributed by atoms with Gasteiger partial charge in [-0.25, -0.2) is 0 Å². The first kappa shape index (κ1) is 15.2. The number of benzene rings is 1. The average molecular weight is 287 g/mol. The summed E-state index contributed by atoms with van der Waals surface area (Å²) in [6.07, 6.45) is -0.179. The molecule has 5 heteroatoms. The smallest absolute Gasteiger partial charge is 0.416 e. The van der Waals surface area contributed by atoms with E-state index in [4.69, 9.17) is 10.5 Å². The van der Waals surface area contributed by atoms with Gasteiger partial charge in [0, 0.05) is 6.54 Å². The molecule has 1 aromatic carbocycles. The Kier molecular flexibility index (Phi) is 4.58. The predicted molar refractivity (Wildman–Crippen MR) is 71.4 cm³/mol. The summed E-state index contributed by atoms with van der Waals surface area (Å²) in [6.45, 7) is 1.96. The molecule has 2 unspecified atom stereocenters. The molecular weight excluding hydrogens is 267 g/mol. The second-order valence-electron chi connectivity index (χ2n) is 5.44. The standard InChI is InChI=1S/C15H20F3NO/c1-10-4-2-3-5-14(10)20-12-7-6-11(9-19)13(8-12)15(16,17)18/h6-8,10,14H,2-5,9,19H2,1H3. The molecule has 0 radical (unpaired) electrons. The SMILES string of the molecule is CC1CCCCC1Oc1ccc(CN)c(C(F)(F)F)c1. The van der Waals surface area contributed by atoms with Crippen molar-refractivity contribution in [2.75, 3.05) is 0 Å². The summed E-state index contributed by atoms with van der Waals surface area (Å²) >= 11 is 0. The summed E-state index contributed by atoms with van der Waals surface area (Å²) in [7, 11) is 0. The predicted octanol–water partition coefficient (Wildman–Crippen LogP) is 4.12. The summed E-state index contributed by atoms with van der Waals surface area (Å²) in [4.78, 5) is 0. The van der Waals surface area contributed by atoms with Gasteiger partial charge < -0.3 is 10.5 Å². The summed E-state index contributed by atoms with van der Waals surface area (Å²) in [6, 6.07) is 4.06. The lowest BCUT2D eigenvalue weighted by atomic mass is 9.88. The molecule has 0 spiro atoms. The van der Waals surface area contributed by atoms with Gasteiger partial charge in [-0.05, 0) is 42.9 Å². The number of alkyl halides is 3. The largest absolute Gasteiger partial charge is 0.490 e. The highest BCUT2D eigenvalue weighted by Crippen LogP contribution is 2.35. The molecule has 2 atom stereocenters. The van der Waals surface area contributed by atoms with Gasteiger partial charge in [0.2, 0.25) is 0 Å². The third kappa shape index (κ3) is 3.45. The van der Waals surface area contributed by atoms with Crippen molar-refractivity contribution in [3.05, 3.63) is 29.3 Å². The highest BCUT2D eigenvalue weighted by Gasteiger charge is 2.34. The van der Waals surface area contributed by atoms with Gasteiger partial charge in [0.15, 0.2) is 0 Å². The van der Waals surface area contributed by atoms with E-state index in [2.05, 4.69) is 6.92 Å². The zero-order valence-corrected chi connectivity index (χ0v) is 11.5. The Labute approximate surface area is 117 Å². The molecule has 0 amide bonds. The van der Waals surface area contributed by atoms with Gasteiger partial charge in [-0.1, -0.05) is 19.4 Å². The minimum atomic E-state index is -4.40. The van der Waals surface area contributed by atoms with Gasteiger partial charge in [-0.15, -0.1) is 0 Å². The maximum atomic E-state index is 13.0. The van der Waals surface area contributed by atoms with Crippen LogP contribution in [0.2, 0.25) is 0 Å². The summed E-state index contributed by atoms with van der Waals surface area (Å²) in [5.41, 5.74) is 4.77. The van der Waals surface area contributed by atoms with E-state index in [0.717, 1.165) is 25.3 Å². The van der Waals surface area contributed by atoms with Gasteiger partial charge in [0.1, 0.15) is 11.9 Å². The van der Waals surface area contributed by atoms with Crippen LogP contribution in [-0.4, -0.2) is 6.10 Å². The van der Waals surface area contributed by atoms with Crippen molar-refractivity contribution >= 4 is 0 Å². The van der Waals surface area contributed by atoms with E-state index in [9.17, 15) is 13.2 Å². The Morgan fingerprint density at radius 2 is 1.95 bits per heavy atom. The molecule has 1 fully saturated rings. The first-order valence-electron chi connectivity index (χ1n) is 6.98. The number of ether oxygens (including phenoxy) is 1. The minimum Gasteiger partial charge on any atom is -0.490 e. The van der Waals surface area contributed by atoms with Crippen LogP contribution in [-0.2, 0) is 12.7 Å². The molecule has 0 aromatic heterocycles. The van der Waals surface area contributed by atoms with E-state index in [0.29, 0.717) is 5.92 Å². The second kappa shape index (κ2) is 6.04. The van der Waals surface area contributed by atoms with Crippen molar-refractivity contribution in [3.63, 3.8) is 0 Å². The van der Waals surface area contributed by atoms with Crippen LogP contribution in [0.15, 0.2) is 18.2 Å². The second-order valence-corrected chi connectivity index (χ2v) is 5.44. The average Bonchev–Trinajstić information content (AvgIpc) is 2.40. The van der Waals surface area contributed by atoms with Crippen molar-refractivity contribution in [1.82, 2.24) is 0 Å². The molecular formula is C15H20F3NO. The molecule has 1 aliphatic carbocycles. The molecule has 2 rings (SSSR count). The highest BCUT2D eigenvalue weighted by atomic mass is 19.4. The first-order valence-corrected chi connectivity index (χ1v) is 6.98. The van der Waals surface area contributed by atoms with Crippen molar-refractivity contribution in [1.29, 1.82) is 0 Å². The van der Waals surface area contributed by atoms with E-state index in [1.807, 2.05) is 0 Å². The molecule has 1 saturated carbocycles. The maximum absolute atomic E-state index is 13.0. The molecule has 1 aromatic rings. The fraction of sp³-hybridized carbons (Fsp3) is 0.600. The Morgan fingerprint density at radius 3 is 2.55 bits per heavy atom. The number of hydrogen-bond donors (Lipinski definition) is 1. The topological polar surface area (TPSA) is 35.2 Å². The fourth-order valence-electron chi connectivity index (χ4n) is 2.70. The van der Waals surface area contributed by atoms with Gasteiger partial charge >= 0.3 is 6.18 Å². The molecule has 112 valence electrons. The molecule has 0 bridgehead atoms. The van der Waals surface area contributed by atoms with E-state index >= 15 is 0 Å². The number of hydrogen-bond acceptors (Lipinski definition) is 2. The third-order valence-corrected chi connectivity index (χ3v) is 3.93. The molecule has 0 saturated heterocycles. The van der Waals surface area contributed by atoms with Crippen molar-refractivity contribution in [2.45, 2.75) is 51.4 Å². The molecule has 2 N–H and O–H groups in total. The molecule has 20 heavy (non-hydrogen) atoms. The lowest BCUT2D eigenvalue weighted by molar-refractivity contribution is -0.138. The Balaban J connectivity index is 2.20. The van der Waals surface area contributed by atoms with Crippen LogP contribution >= 0.6 is 0 Å². The monoisotopic (exact) mass is 287 g/mol. The van der Waals surface area contributed by atoms with Crippen molar-refractivity contribution in [3.8, 4) is 5.75 Å². The van der Waals surface area contributed by atoms with E-state index in [1.165, 1.54) is 12.5 Å². The zero-order valence-electron chi connectivity index (χ0n) is 11.5. The minimum absolute atomic E-state index is 0.00793. The molecule has 1 aliphatic rings. The Hall–Kier alpha value is -1.23. The van der Waals surface area contributed by atoms with Crippen LogP contribution < -0.4 is 10.5 Å². The summed E-state index contributed by atoms with van der Waals surface area (Å²) < 4.78 is 44.6. The van der Waals surface area contributed by atoms with Crippen molar-refractivity contribution < 1.29 is 17.9 Å². The van der Waals surface area contributed by atoms with E-state index < -0.39 is 11.7 Å². The summed E-state index contributed by atoms with van der Waals surface area (Å²) in [5.74, 6) is 0.667. The van der Waals surface area contributed by atoms with Crippen LogP contribution in [0.3, 0.4) is 0 Å². The quantitative estimate of drug-likeness (QED) is 0.907. The lowest BCUT2D eigenvalue weighted by Gasteiger charge is -2.29. The van der Waals surface area contributed by atoms with Gasteiger partial charge in [-0.2, -0.15) is 13.2 Å². The van der Waals surface area contributed by atoms with E-state index in [1.54, 1.807) is 6.07 Å². The zero-order chi connectivity index (χ0) is 14.8. The number of nitrogens with two attached hydrogens (primary N) is 1. The Morgan fingerprint density at radius 1 is 1.25 bits per heavy atom. The van der Waals surface area contributed by atoms with Crippen LogP contribution in [0.1, 0.15) is 43.7 Å². The Bertz CT molecular complexity index is 459. The van der Waals surface area contributed by atoms with Gasteiger partial charge in [0.25, 0.3) is 0 Å². The summed E-state index contributed by atoms with van der Waals surface area (Å²) in [5, 5.41) is 0. The molecule has 2 nitrogen and oxygen atoms in total. The maximum Gasteiger partial charge on any atom is 0.416 e. The van der Waals surface area contributed by atoms with Gasteiger partial charge in [0.05, 0.1) is 5.56 Å². The number of halogens is 3. The highest BCUT2D eigenvalue weighted by molar-refractivity contribution is 5.37. The molecule has 0 aliphatic heterocycles. The fourth-order valence-corrected chi connectivity index (χ4v) is 2.70. The lowest BCUT2D eigenvalue weighted by Crippen LogP contribution is -2.28. The van der Waals surface area contributed by atoms with Crippen LogP contribution in [0.5, 0.6) is 5.75 Å². The molecule has 0 heterocycles. The third-order valence-electron chi connectivity index (χ3n) is 3.93. The van der Waals surface area contributed by atoms with Crippen LogP contribution in [0.4, 0.5) is 13.2 Å². The van der Waals surface area contributed by atoms with Gasteiger partial charge in [-0.3, -0.25) is 0 Å². The van der Waals surface area contributed by atoms with Crippen LogP contribution in [0.25, 0.3) is 0 Å². The first-order chi connectivity index (χ1) is 9.41.